The van der Waals surface area contributed by atoms with Gasteiger partial charge in [0.2, 0.25) is 5.91 Å². The average Bonchev–Trinajstić information content (AvgIpc) is 2.84. The Hall–Kier alpha value is -2.67. The molecule has 1 aliphatic rings. The first kappa shape index (κ1) is 17.2. The fourth-order valence-corrected chi connectivity index (χ4v) is 3.12. The summed E-state index contributed by atoms with van der Waals surface area (Å²) in [4.78, 5) is 36.8. The van der Waals surface area contributed by atoms with Crippen molar-refractivity contribution in [2.45, 2.75) is 18.9 Å². The molecule has 128 valence electrons. The van der Waals surface area contributed by atoms with E-state index in [1.165, 1.54) is 0 Å². The maximum absolute atomic E-state index is 12.6. The number of carbonyl (C=O) groups is 3. The quantitative estimate of drug-likeness (QED) is 0.750. The third kappa shape index (κ3) is 3.71. The second kappa shape index (κ2) is 7.06. The maximum atomic E-state index is 12.6. The van der Waals surface area contributed by atoms with E-state index in [-0.39, 0.29) is 24.7 Å². The van der Waals surface area contributed by atoms with Crippen LogP contribution in [-0.2, 0) is 20.8 Å². The van der Waals surface area contributed by atoms with E-state index >= 15 is 0 Å². The van der Waals surface area contributed by atoms with Crippen molar-refractivity contribution in [2.24, 2.45) is 0 Å². The first-order chi connectivity index (χ1) is 12.0. The summed E-state index contributed by atoms with van der Waals surface area (Å²) in [6.45, 7) is 0. The van der Waals surface area contributed by atoms with Crippen molar-refractivity contribution in [1.29, 1.82) is 0 Å². The Morgan fingerprint density at radius 2 is 1.84 bits per heavy atom. The Morgan fingerprint density at radius 3 is 2.48 bits per heavy atom. The number of imide groups is 1. The number of rotatable bonds is 5. The summed E-state index contributed by atoms with van der Waals surface area (Å²) in [5.41, 5.74) is 1.80. The molecule has 1 heterocycles. The SMILES string of the molecule is O=C(O)Cc1ccc(N2C(=O)CC(Nc3ccccc3Br)C2=O)cc1. The first-order valence-electron chi connectivity index (χ1n) is 7.64. The summed E-state index contributed by atoms with van der Waals surface area (Å²) in [7, 11) is 0. The lowest BCUT2D eigenvalue weighted by Crippen LogP contribution is -2.34. The number of amides is 2. The fourth-order valence-electron chi connectivity index (χ4n) is 2.72. The molecular weight excluding hydrogens is 388 g/mol. The topological polar surface area (TPSA) is 86.7 Å². The molecular formula is C18H15BrN2O4. The third-order valence-corrected chi connectivity index (χ3v) is 4.59. The Morgan fingerprint density at radius 1 is 1.16 bits per heavy atom. The van der Waals surface area contributed by atoms with Gasteiger partial charge in [-0.25, -0.2) is 4.90 Å². The highest BCUT2D eigenvalue weighted by Crippen LogP contribution is 2.28. The van der Waals surface area contributed by atoms with Crippen LogP contribution >= 0.6 is 15.9 Å². The molecule has 0 radical (unpaired) electrons. The highest BCUT2D eigenvalue weighted by Gasteiger charge is 2.39. The van der Waals surface area contributed by atoms with Gasteiger partial charge in [0.25, 0.3) is 5.91 Å². The number of nitrogens with one attached hydrogen (secondary N) is 1. The van der Waals surface area contributed by atoms with Crippen molar-refractivity contribution < 1.29 is 19.5 Å². The van der Waals surface area contributed by atoms with Crippen LogP contribution in [0.1, 0.15) is 12.0 Å². The van der Waals surface area contributed by atoms with Gasteiger partial charge < -0.3 is 10.4 Å². The van der Waals surface area contributed by atoms with Gasteiger partial charge in [0, 0.05) is 10.2 Å². The Kier molecular flexibility index (Phi) is 4.85. The normalized spacial score (nSPS) is 17.0. The zero-order chi connectivity index (χ0) is 18.0. The highest BCUT2D eigenvalue weighted by atomic mass is 79.9. The van der Waals surface area contributed by atoms with Crippen molar-refractivity contribution in [2.75, 3.05) is 10.2 Å². The Labute approximate surface area is 152 Å². The molecule has 2 N–H and O–H groups in total. The monoisotopic (exact) mass is 402 g/mol. The van der Waals surface area contributed by atoms with Crippen LogP contribution in [-0.4, -0.2) is 28.9 Å². The number of benzene rings is 2. The third-order valence-electron chi connectivity index (χ3n) is 3.90. The molecule has 1 fully saturated rings. The average molecular weight is 403 g/mol. The predicted molar refractivity (Wildman–Crippen MR) is 96.4 cm³/mol. The van der Waals surface area contributed by atoms with E-state index in [4.69, 9.17) is 5.11 Å². The minimum Gasteiger partial charge on any atom is -0.481 e. The Bertz CT molecular complexity index is 835. The van der Waals surface area contributed by atoms with Gasteiger partial charge in [-0.3, -0.25) is 14.4 Å². The first-order valence-corrected chi connectivity index (χ1v) is 8.43. The zero-order valence-electron chi connectivity index (χ0n) is 13.1. The summed E-state index contributed by atoms with van der Waals surface area (Å²) < 4.78 is 0.812. The largest absolute Gasteiger partial charge is 0.481 e. The lowest BCUT2D eigenvalue weighted by atomic mass is 10.1. The van der Waals surface area contributed by atoms with Crippen LogP contribution in [0, 0.1) is 0 Å². The number of halogens is 1. The number of hydrogen-bond donors (Lipinski definition) is 2. The number of para-hydroxylation sites is 1. The van der Waals surface area contributed by atoms with Crippen molar-refractivity contribution >= 4 is 45.1 Å². The molecule has 0 bridgehead atoms. The number of carboxylic acids is 1. The molecule has 0 aliphatic carbocycles. The molecule has 0 saturated carbocycles. The van der Waals surface area contributed by atoms with Crippen LogP contribution in [0.15, 0.2) is 53.0 Å². The molecule has 2 aromatic rings. The molecule has 7 heteroatoms. The highest BCUT2D eigenvalue weighted by molar-refractivity contribution is 9.10. The number of aliphatic carboxylic acids is 1. The standard InChI is InChI=1S/C18H15BrN2O4/c19-13-3-1-2-4-14(13)20-15-10-16(22)21(18(15)25)12-7-5-11(6-8-12)9-17(23)24/h1-8,15,20H,9-10H2,(H,23,24). The van der Waals surface area contributed by atoms with Crippen LogP contribution in [0.25, 0.3) is 0 Å². The van der Waals surface area contributed by atoms with Crippen LogP contribution < -0.4 is 10.2 Å². The van der Waals surface area contributed by atoms with E-state index in [9.17, 15) is 14.4 Å². The van der Waals surface area contributed by atoms with Gasteiger partial charge in [-0.15, -0.1) is 0 Å². The number of carbonyl (C=O) groups excluding carboxylic acids is 2. The summed E-state index contributed by atoms with van der Waals surface area (Å²) >= 11 is 3.41. The minimum atomic E-state index is -0.932. The number of anilines is 2. The van der Waals surface area contributed by atoms with Crippen LogP contribution in [0.2, 0.25) is 0 Å². The molecule has 0 aromatic heterocycles. The summed E-state index contributed by atoms with van der Waals surface area (Å²) in [5.74, 6) is -1.55. The molecule has 25 heavy (non-hydrogen) atoms. The molecule has 2 aromatic carbocycles. The van der Waals surface area contributed by atoms with Gasteiger partial charge in [0.15, 0.2) is 0 Å². The summed E-state index contributed by atoms with van der Waals surface area (Å²) in [6.07, 6.45) is -0.0363. The Balaban J connectivity index is 1.77. The van der Waals surface area contributed by atoms with Crippen LogP contribution in [0.5, 0.6) is 0 Å². The van der Waals surface area contributed by atoms with Crippen LogP contribution in [0.3, 0.4) is 0 Å². The molecule has 1 aliphatic heterocycles. The zero-order valence-corrected chi connectivity index (χ0v) is 14.7. The van der Waals surface area contributed by atoms with Gasteiger partial charge >= 0.3 is 5.97 Å². The van der Waals surface area contributed by atoms with Crippen molar-refractivity contribution in [3.63, 3.8) is 0 Å². The maximum Gasteiger partial charge on any atom is 0.307 e. The van der Waals surface area contributed by atoms with E-state index < -0.39 is 12.0 Å². The second-order valence-electron chi connectivity index (χ2n) is 5.69. The van der Waals surface area contributed by atoms with E-state index in [1.54, 1.807) is 24.3 Å². The predicted octanol–water partition coefficient (Wildman–Crippen LogP) is 2.82. The van der Waals surface area contributed by atoms with Gasteiger partial charge in [0.1, 0.15) is 6.04 Å². The molecule has 1 unspecified atom stereocenters. The van der Waals surface area contributed by atoms with Gasteiger partial charge in [-0.2, -0.15) is 0 Å². The van der Waals surface area contributed by atoms with E-state index in [0.717, 1.165) is 15.1 Å². The molecule has 1 saturated heterocycles. The molecule has 0 spiro atoms. The van der Waals surface area contributed by atoms with Crippen molar-refractivity contribution in [3.05, 3.63) is 58.6 Å². The molecule has 2 amide bonds. The van der Waals surface area contributed by atoms with E-state index in [2.05, 4.69) is 21.2 Å². The number of hydrogen-bond acceptors (Lipinski definition) is 4. The van der Waals surface area contributed by atoms with Crippen molar-refractivity contribution in [1.82, 2.24) is 0 Å². The molecule has 3 rings (SSSR count). The lowest BCUT2D eigenvalue weighted by molar-refractivity contribution is -0.136. The number of nitrogens with zero attached hydrogens (tertiary/aromatic N) is 1. The lowest BCUT2D eigenvalue weighted by Gasteiger charge is -2.17. The van der Waals surface area contributed by atoms with Gasteiger partial charge in [0.05, 0.1) is 18.5 Å². The fraction of sp³-hybridized carbons (Fsp3) is 0.167. The van der Waals surface area contributed by atoms with Crippen molar-refractivity contribution in [3.8, 4) is 0 Å². The number of carboxylic acid groups (broad SMARTS) is 1. The smallest absolute Gasteiger partial charge is 0.307 e. The van der Waals surface area contributed by atoms with E-state index in [0.29, 0.717) is 11.3 Å². The van der Waals surface area contributed by atoms with Gasteiger partial charge in [-0.05, 0) is 45.8 Å². The molecule has 1 atom stereocenters. The van der Waals surface area contributed by atoms with Gasteiger partial charge in [-0.1, -0.05) is 24.3 Å². The second-order valence-corrected chi connectivity index (χ2v) is 6.54. The molecule has 6 nitrogen and oxygen atoms in total. The minimum absolute atomic E-state index is 0.0665. The summed E-state index contributed by atoms with van der Waals surface area (Å²) in [5, 5.41) is 11.9. The van der Waals surface area contributed by atoms with E-state index in [1.807, 2.05) is 24.3 Å². The van der Waals surface area contributed by atoms with Crippen LogP contribution in [0.4, 0.5) is 11.4 Å². The summed E-state index contributed by atoms with van der Waals surface area (Å²) in [6, 6.07) is 13.1.